The largest absolute Gasteiger partial charge is 0.433 e. The molecule has 106 valence electrons. The summed E-state index contributed by atoms with van der Waals surface area (Å²) in [5.74, 6) is 0. The van der Waals surface area contributed by atoms with E-state index in [0.717, 1.165) is 36.5 Å². The number of nitrogens with zero attached hydrogens (tertiary/aromatic N) is 1. The molecule has 2 rings (SSSR count). The lowest BCUT2D eigenvalue weighted by Gasteiger charge is -2.09. The van der Waals surface area contributed by atoms with Gasteiger partial charge in [-0.1, -0.05) is 12.1 Å². The maximum Gasteiger partial charge on any atom is 0.433 e. The Morgan fingerprint density at radius 3 is 1.80 bits per heavy atom. The molecule has 0 saturated carbocycles. The van der Waals surface area contributed by atoms with Gasteiger partial charge in [0.25, 0.3) is 0 Å². The van der Waals surface area contributed by atoms with Crippen molar-refractivity contribution in [2.45, 2.75) is 12.4 Å². The molecular formula is C13H7F6N. The van der Waals surface area contributed by atoms with Crippen molar-refractivity contribution in [3.05, 3.63) is 53.9 Å². The van der Waals surface area contributed by atoms with Gasteiger partial charge in [0.1, 0.15) is 5.69 Å². The molecule has 0 spiro atoms. The molecule has 0 atom stereocenters. The first-order chi connectivity index (χ1) is 9.18. The second-order valence-electron chi connectivity index (χ2n) is 4.00. The molecule has 0 fully saturated rings. The van der Waals surface area contributed by atoms with Crippen molar-refractivity contribution in [1.29, 1.82) is 0 Å². The normalized spacial score (nSPS) is 12.5. The highest BCUT2D eigenvalue weighted by Gasteiger charge is 2.33. The van der Waals surface area contributed by atoms with Crippen molar-refractivity contribution >= 4 is 0 Å². The quantitative estimate of drug-likeness (QED) is 0.689. The summed E-state index contributed by atoms with van der Waals surface area (Å²) in [4.78, 5) is 3.19. The Morgan fingerprint density at radius 1 is 0.700 bits per heavy atom. The molecule has 0 saturated heterocycles. The van der Waals surface area contributed by atoms with Gasteiger partial charge >= 0.3 is 12.4 Å². The highest BCUT2D eigenvalue weighted by atomic mass is 19.4. The molecule has 0 aliphatic heterocycles. The lowest BCUT2D eigenvalue weighted by molar-refractivity contribution is -0.141. The number of aromatic nitrogens is 1. The van der Waals surface area contributed by atoms with Crippen LogP contribution < -0.4 is 0 Å². The first-order valence-corrected chi connectivity index (χ1v) is 5.39. The minimum atomic E-state index is -4.60. The maximum absolute atomic E-state index is 12.5. The summed E-state index contributed by atoms with van der Waals surface area (Å²) in [6.07, 6.45) is -8.11. The van der Waals surface area contributed by atoms with Gasteiger partial charge in [0.2, 0.25) is 0 Å². The van der Waals surface area contributed by atoms with Gasteiger partial charge in [0.05, 0.1) is 5.56 Å². The zero-order valence-corrected chi connectivity index (χ0v) is 9.76. The minimum absolute atomic E-state index is 0.154. The zero-order valence-electron chi connectivity index (χ0n) is 9.76. The SMILES string of the molecule is FC(F)(F)c1ccc(-c2ccnc(C(F)(F)F)c2)cc1. The van der Waals surface area contributed by atoms with Gasteiger partial charge in [0, 0.05) is 6.20 Å². The second kappa shape index (κ2) is 4.81. The van der Waals surface area contributed by atoms with Crippen LogP contribution in [0.3, 0.4) is 0 Å². The van der Waals surface area contributed by atoms with Crippen molar-refractivity contribution in [2.24, 2.45) is 0 Å². The van der Waals surface area contributed by atoms with Gasteiger partial charge < -0.3 is 0 Å². The molecule has 0 unspecified atom stereocenters. The third kappa shape index (κ3) is 3.09. The van der Waals surface area contributed by atoms with Gasteiger partial charge in [-0.15, -0.1) is 0 Å². The monoisotopic (exact) mass is 291 g/mol. The van der Waals surface area contributed by atoms with E-state index in [4.69, 9.17) is 0 Å². The summed E-state index contributed by atoms with van der Waals surface area (Å²) in [5.41, 5.74) is -1.53. The van der Waals surface area contributed by atoms with Crippen molar-refractivity contribution in [1.82, 2.24) is 4.98 Å². The summed E-state index contributed by atoms with van der Waals surface area (Å²) in [7, 11) is 0. The summed E-state index contributed by atoms with van der Waals surface area (Å²) in [5, 5.41) is 0. The standard InChI is InChI=1S/C13H7F6N/c14-12(15,16)10-3-1-8(2-4-10)9-5-6-20-11(7-9)13(17,18)19/h1-7H. The molecule has 2 aromatic rings. The lowest BCUT2D eigenvalue weighted by Crippen LogP contribution is -2.07. The Kier molecular flexibility index (Phi) is 3.45. The molecular weight excluding hydrogens is 284 g/mol. The predicted octanol–water partition coefficient (Wildman–Crippen LogP) is 4.79. The van der Waals surface area contributed by atoms with Crippen LogP contribution >= 0.6 is 0 Å². The third-order valence-electron chi connectivity index (χ3n) is 2.60. The zero-order chi connectivity index (χ0) is 15.0. The predicted molar refractivity (Wildman–Crippen MR) is 59.7 cm³/mol. The average molecular weight is 291 g/mol. The molecule has 0 N–H and O–H groups in total. The van der Waals surface area contributed by atoms with Crippen LogP contribution in [0.15, 0.2) is 42.6 Å². The van der Waals surface area contributed by atoms with E-state index in [0.29, 0.717) is 0 Å². The molecule has 0 bridgehead atoms. The third-order valence-corrected chi connectivity index (χ3v) is 2.60. The van der Waals surface area contributed by atoms with E-state index >= 15 is 0 Å². The average Bonchev–Trinajstić information content (AvgIpc) is 2.37. The van der Waals surface area contributed by atoms with Crippen LogP contribution in [0.5, 0.6) is 0 Å². The second-order valence-corrected chi connectivity index (χ2v) is 4.00. The van der Waals surface area contributed by atoms with Gasteiger partial charge in [-0.25, -0.2) is 0 Å². The number of rotatable bonds is 1. The topological polar surface area (TPSA) is 12.9 Å². The molecule has 7 heteroatoms. The molecule has 1 aromatic heterocycles. The Labute approximate surface area is 109 Å². The molecule has 1 heterocycles. The first-order valence-electron chi connectivity index (χ1n) is 5.39. The molecule has 1 aromatic carbocycles. The van der Waals surface area contributed by atoms with Gasteiger partial charge in [-0.05, 0) is 35.4 Å². The minimum Gasteiger partial charge on any atom is -0.252 e. The van der Waals surface area contributed by atoms with Gasteiger partial charge in [-0.2, -0.15) is 26.3 Å². The number of hydrogen-bond donors (Lipinski definition) is 0. The van der Waals surface area contributed by atoms with Crippen LogP contribution in [0.1, 0.15) is 11.3 Å². The van der Waals surface area contributed by atoms with Gasteiger partial charge in [-0.3, -0.25) is 4.98 Å². The van der Waals surface area contributed by atoms with Gasteiger partial charge in [0.15, 0.2) is 0 Å². The first kappa shape index (κ1) is 14.4. The van der Waals surface area contributed by atoms with E-state index < -0.39 is 23.6 Å². The van der Waals surface area contributed by atoms with Crippen LogP contribution in [0, 0.1) is 0 Å². The van der Waals surface area contributed by atoms with E-state index in [1.807, 2.05) is 0 Å². The van der Waals surface area contributed by atoms with E-state index in [9.17, 15) is 26.3 Å². The molecule has 0 radical (unpaired) electrons. The number of halogens is 6. The van der Waals surface area contributed by atoms with Crippen LogP contribution in [0.2, 0.25) is 0 Å². The Balaban J connectivity index is 2.38. The molecule has 0 aliphatic carbocycles. The summed E-state index contributed by atoms with van der Waals surface area (Å²) >= 11 is 0. The van der Waals surface area contributed by atoms with E-state index in [1.54, 1.807) is 0 Å². The highest BCUT2D eigenvalue weighted by molar-refractivity contribution is 5.63. The fraction of sp³-hybridized carbons (Fsp3) is 0.154. The number of benzene rings is 1. The Morgan fingerprint density at radius 2 is 1.30 bits per heavy atom. The van der Waals surface area contributed by atoms with Crippen molar-refractivity contribution in [3.8, 4) is 11.1 Å². The molecule has 1 nitrogen and oxygen atoms in total. The van der Waals surface area contributed by atoms with Crippen LogP contribution in [-0.4, -0.2) is 4.98 Å². The van der Waals surface area contributed by atoms with E-state index in [1.165, 1.54) is 6.07 Å². The molecule has 0 amide bonds. The maximum atomic E-state index is 12.5. The summed E-state index contributed by atoms with van der Waals surface area (Å²) in [6, 6.07) is 5.99. The van der Waals surface area contributed by atoms with E-state index in [-0.39, 0.29) is 11.1 Å². The summed E-state index contributed by atoms with van der Waals surface area (Å²) in [6.45, 7) is 0. The van der Waals surface area contributed by atoms with Crippen molar-refractivity contribution in [2.75, 3.05) is 0 Å². The fourth-order valence-corrected chi connectivity index (χ4v) is 1.62. The highest BCUT2D eigenvalue weighted by Crippen LogP contribution is 2.33. The Bertz CT molecular complexity index is 597. The summed E-state index contributed by atoms with van der Waals surface area (Å²) < 4.78 is 74.6. The fourth-order valence-electron chi connectivity index (χ4n) is 1.62. The van der Waals surface area contributed by atoms with Crippen molar-refractivity contribution < 1.29 is 26.3 Å². The molecule has 20 heavy (non-hydrogen) atoms. The Hall–Kier alpha value is -2.05. The van der Waals surface area contributed by atoms with Crippen molar-refractivity contribution in [3.63, 3.8) is 0 Å². The van der Waals surface area contributed by atoms with E-state index in [2.05, 4.69) is 4.98 Å². The van der Waals surface area contributed by atoms with Crippen LogP contribution in [0.4, 0.5) is 26.3 Å². The van der Waals surface area contributed by atoms with Crippen LogP contribution in [0.25, 0.3) is 11.1 Å². The number of alkyl halides is 6. The lowest BCUT2D eigenvalue weighted by atomic mass is 10.0. The molecule has 0 aliphatic rings. The number of pyridine rings is 1. The smallest absolute Gasteiger partial charge is 0.252 e. The number of hydrogen-bond acceptors (Lipinski definition) is 1. The van der Waals surface area contributed by atoms with Crippen LogP contribution in [-0.2, 0) is 12.4 Å².